The first-order valence-corrected chi connectivity index (χ1v) is 7.76. The van der Waals surface area contributed by atoms with Crippen molar-refractivity contribution in [3.63, 3.8) is 0 Å². The van der Waals surface area contributed by atoms with E-state index in [-0.39, 0.29) is 5.92 Å². The van der Waals surface area contributed by atoms with Crippen LogP contribution in [0.2, 0.25) is 0 Å². The Morgan fingerprint density at radius 1 is 1.27 bits per heavy atom. The van der Waals surface area contributed by atoms with Crippen LogP contribution in [0.15, 0.2) is 34.7 Å². The third-order valence-corrected chi connectivity index (χ3v) is 4.30. The molecule has 4 rings (SSSR count). The summed E-state index contributed by atoms with van der Waals surface area (Å²) in [5.41, 5.74) is 2.39. The predicted octanol–water partition coefficient (Wildman–Crippen LogP) is 3.28. The molecule has 1 aliphatic heterocycles. The average Bonchev–Trinajstić information content (AvgIpc) is 3.14. The van der Waals surface area contributed by atoms with E-state index in [4.69, 9.17) is 9.15 Å². The molecule has 0 saturated carbocycles. The van der Waals surface area contributed by atoms with Gasteiger partial charge in [-0.25, -0.2) is 0 Å². The van der Waals surface area contributed by atoms with Crippen LogP contribution >= 0.6 is 0 Å². The monoisotopic (exact) mass is 297 g/mol. The van der Waals surface area contributed by atoms with Gasteiger partial charge in [-0.2, -0.15) is 0 Å². The first-order chi connectivity index (χ1) is 10.8. The molecule has 22 heavy (non-hydrogen) atoms. The number of para-hydroxylation sites is 1. The van der Waals surface area contributed by atoms with Gasteiger partial charge in [0.2, 0.25) is 11.8 Å². The van der Waals surface area contributed by atoms with Crippen LogP contribution in [-0.2, 0) is 11.3 Å². The van der Waals surface area contributed by atoms with E-state index < -0.39 is 0 Å². The second-order valence-corrected chi connectivity index (χ2v) is 5.88. The van der Waals surface area contributed by atoms with Gasteiger partial charge >= 0.3 is 0 Å². The van der Waals surface area contributed by atoms with E-state index in [1.807, 2.05) is 0 Å². The fraction of sp³-hybridized carbons (Fsp3) is 0.412. The number of rotatable bonds is 3. The molecular weight excluding hydrogens is 278 g/mol. The zero-order valence-electron chi connectivity index (χ0n) is 12.7. The molecule has 0 radical (unpaired) electrons. The quantitative estimate of drug-likeness (QED) is 0.744. The Bertz CT molecular complexity index is 784. The highest BCUT2D eigenvalue weighted by Crippen LogP contribution is 2.25. The number of hydrogen-bond acceptors (Lipinski definition) is 4. The molecule has 0 amide bonds. The van der Waals surface area contributed by atoms with Gasteiger partial charge in [0.25, 0.3) is 0 Å². The minimum absolute atomic E-state index is 0.248. The summed E-state index contributed by atoms with van der Waals surface area (Å²) in [6.07, 6.45) is 2.12. The lowest BCUT2D eigenvalue weighted by Gasteiger charge is -2.18. The molecule has 0 N–H and O–H groups in total. The third kappa shape index (κ3) is 2.41. The van der Waals surface area contributed by atoms with Crippen LogP contribution in [0, 0.1) is 6.92 Å². The first kappa shape index (κ1) is 13.5. The van der Waals surface area contributed by atoms with Gasteiger partial charge in [0.15, 0.2) is 0 Å². The van der Waals surface area contributed by atoms with Crippen LogP contribution in [0.1, 0.15) is 36.2 Å². The van der Waals surface area contributed by atoms with Crippen LogP contribution in [0.25, 0.3) is 10.9 Å². The van der Waals surface area contributed by atoms with Crippen molar-refractivity contribution in [2.75, 3.05) is 13.2 Å². The van der Waals surface area contributed by atoms with Crippen LogP contribution in [-0.4, -0.2) is 28.0 Å². The minimum Gasteiger partial charge on any atom is -0.423 e. The molecule has 5 heteroatoms. The Kier molecular flexibility index (Phi) is 3.42. The number of fused-ring (bicyclic) bond motifs is 1. The molecule has 1 aliphatic rings. The summed E-state index contributed by atoms with van der Waals surface area (Å²) in [5.74, 6) is 1.62. The van der Waals surface area contributed by atoms with Crippen molar-refractivity contribution >= 4 is 10.9 Å². The van der Waals surface area contributed by atoms with Crippen molar-refractivity contribution in [2.45, 2.75) is 32.2 Å². The van der Waals surface area contributed by atoms with Crippen LogP contribution in [0.3, 0.4) is 0 Å². The number of ether oxygens (including phenoxy) is 1. The molecule has 0 bridgehead atoms. The molecule has 3 heterocycles. The van der Waals surface area contributed by atoms with E-state index in [1.54, 1.807) is 0 Å². The van der Waals surface area contributed by atoms with Gasteiger partial charge in [-0.05, 0) is 37.3 Å². The number of benzene rings is 1. The summed E-state index contributed by atoms with van der Waals surface area (Å²) in [6, 6.07) is 10.5. The van der Waals surface area contributed by atoms with E-state index in [2.05, 4.69) is 52.0 Å². The zero-order chi connectivity index (χ0) is 14.9. The Labute approximate surface area is 128 Å². The molecule has 2 aromatic heterocycles. The van der Waals surface area contributed by atoms with Crippen molar-refractivity contribution in [1.29, 1.82) is 0 Å². The molecule has 1 saturated heterocycles. The summed E-state index contributed by atoms with van der Waals surface area (Å²) >= 11 is 0. The zero-order valence-corrected chi connectivity index (χ0v) is 12.7. The van der Waals surface area contributed by atoms with Crippen molar-refractivity contribution in [3.05, 3.63) is 47.8 Å². The maximum Gasteiger partial charge on any atom is 0.236 e. The van der Waals surface area contributed by atoms with Gasteiger partial charge in [-0.15, -0.1) is 10.2 Å². The largest absolute Gasteiger partial charge is 0.423 e. The maximum atomic E-state index is 5.88. The maximum absolute atomic E-state index is 5.88. The highest BCUT2D eigenvalue weighted by Gasteiger charge is 2.22. The second-order valence-electron chi connectivity index (χ2n) is 5.88. The summed E-state index contributed by atoms with van der Waals surface area (Å²) in [4.78, 5) is 0. The topological polar surface area (TPSA) is 53.1 Å². The standard InChI is InChI=1S/C17H19N3O2/c1-12-9-13-5-2-3-7-15(13)20(12)10-16-18-19-17(22-16)14-6-4-8-21-11-14/h2-3,5,7,9,14H,4,6,8,10-11H2,1H3. The van der Waals surface area contributed by atoms with Gasteiger partial charge in [-0.1, -0.05) is 18.2 Å². The van der Waals surface area contributed by atoms with Gasteiger partial charge in [0.1, 0.15) is 6.54 Å². The smallest absolute Gasteiger partial charge is 0.236 e. The molecule has 3 aromatic rings. The van der Waals surface area contributed by atoms with Crippen molar-refractivity contribution in [2.24, 2.45) is 0 Å². The highest BCUT2D eigenvalue weighted by atomic mass is 16.5. The van der Waals surface area contributed by atoms with Crippen molar-refractivity contribution < 1.29 is 9.15 Å². The summed E-state index contributed by atoms with van der Waals surface area (Å²) in [5, 5.41) is 9.68. The Morgan fingerprint density at radius 3 is 3.05 bits per heavy atom. The summed E-state index contributed by atoms with van der Waals surface area (Å²) in [7, 11) is 0. The summed E-state index contributed by atoms with van der Waals surface area (Å²) in [6.45, 7) is 4.24. The number of aromatic nitrogens is 3. The molecule has 1 unspecified atom stereocenters. The number of hydrogen-bond donors (Lipinski definition) is 0. The number of nitrogens with zero attached hydrogens (tertiary/aromatic N) is 3. The Balaban J connectivity index is 1.60. The minimum atomic E-state index is 0.248. The number of aryl methyl sites for hydroxylation is 1. The van der Waals surface area contributed by atoms with Crippen molar-refractivity contribution in [3.8, 4) is 0 Å². The fourth-order valence-electron chi connectivity index (χ4n) is 3.12. The predicted molar refractivity (Wildman–Crippen MR) is 82.9 cm³/mol. The molecule has 1 atom stereocenters. The van der Waals surface area contributed by atoms with E-state index in [9.17, 15) is 0 Å². The third-order valence-electron chi connectivity index (χ3n) is 4.30. The molecule has 1 aromatic carbocycles. The van der Waals surface area contributed by atoms with E-state index >= 15 is 0 Å². The van der Waals surface area contributed by atoms with E-state index in [0.29, 0.717) is 24.9 Å². The van der Waals surface area contributed by atoms with Crippen LogP contribution < -0.4 is 0 Å². The van der Waals surface area contributed by atoms with Gasteiger partial charge in [0, 0.05) is 17.8 Å². The lowest BCUT2D eigenvalue weighted by Crippen LogP contribution is -2.15. The van der Waals surface area contributed by atoms with Crippen LogP contribution in [0.5, 0.6) is 0 Å². The first-order valence-electron chi connectivity index (χ1n) is 7.76. The fourth-order valence-corrected chi connectivity index (χ4v) is 3.12. The van der Waals surface area contributed by atoms with E-state index in [1.165, 1.54) is 16.6 Å². The summed E-state index contributed by atoms with van der Waals surface area (Å²) < 4.78 is 13.6. The second kappa shape index (κ2) is 5.57. The molecule has 0 spiro atoms. The Morgan fingerprint density at radius 2 is 2.18 bits per heavy atom. The molecule has 114 valence electrons. The van der Waals surface area contributed by atoms with Gasteiger partial charge < -0.3 is 13.7 Å². The van der Waals surface area contributed by atoms with Gasteiger partial charge in [0.05, 0.1) is 12.5 Å². The van der Waals surface area contributed by atoms with E-state index in [0.717, 1.165) is 19.4 Å². The lowest BCUT2D eigenvalue weighted by atomic mass is 10.0. The van der Waals surface area contributed by atoms with Gasteiger partial charge in [-0.3, -0.25) is 0 Å². The van der Waals surface area contributed by atoms with Crippen LogP contribution in [0.4, 0.5) is 0 Å². The molecular formula is C17H19N3O2. The molecule has 5 nitrogen and oxygen atoms in total. The normalized spacial score (nSPS) is 18.9. The molecule has 0 aliphatic carbocycles. The average molecular weight is 297 g/mol. The lowest BCUT2D eigenvalue weighted by molar-refractivity contribution is 0.0721. The highest BCUT2D eigenvalue weighted by molar-refractivity contribution is 5.81. The SMILES string of the molecule is Cc1cc2ccccc2n1Cc1nnc(C2CCCOC2)o1. The Hall–Kier alpha value is -2.14. The molecule has 1 fully saturated rings. The van der Waals surface area contributed by atoms with Crippen molar-refractivity contribution in [1.82, 2.24) is 14.8 Å².